The molecule has 2 aliphatic heterocycles. The maximum Gasteiger partial charge on any atom is 0.246 e. The standard InChI is InChI=1S/C16H21N5O/c1-2-6-13(7-3-1)12-21-16(17-18-19-21)20-10-4-8-14(20)15-9-5-11-22-15/h1-3,6-7,14-15H,4-5,8-12H2. The molecule has 2 atom stereocenters. The highest BCUT2D eigenvalue weighted by molar-refractivity contribution is 5.34. The lowest BCUT2D eigenvalue weighted by molar-refractivity contribution is 0.0904. The molecule has 1 aromatic carbocycles. The molecule has 6 heteroatoms. The second kappa shape index (κ2) is 6.04. The van der Waals surface area contributed by atoms with Crippen molar-refractivity contribution in [3.05, 3.63) is 35.9 Å². The molecule has 0 bridgehead atoms. The van der Waals surface area contributed by atoms with E-state index in [0.29, 0.717) is 18.7 Å². The van der Waals surface area contributed by atoms with Gasteiger partial charge in [0.15, 0.2) is 0 Å². The molecule has 6 nitrogen and oxygen atoms in total. The molecule has 0 N–H and O–H groups in total. The summed E-state index contributed by atoms with van der Waals surface area (Å²) < 4.78 is 7.81. The van der Waals surface area contributed by atoms with Crippen LogP contribution in [0.2, 0.25) is 0 Å². The molecule has 4 rings (SSSR count). The Hall–Kier alpha value is -1.95. The first kappa shape index (κ1) is 13.7. The van der Waals surface area contributed by atoms with E-state index >= 15 is 0 Å². The summed E-state index contributed by atoms with van der Waals surface area (Å²) in [5.74, 6) is 0.877. The van der Waals surface area contributed by atoms with Crippen LogP contribution < -0.4 is 4.90 Å². The highest BCUT2D eigenvalue weighted by Crippen LogP contribution is 2.30. The number of rotatable bonds is 4. The second-order valence-corrected chi connectivity index (χ2v) is 6.08. The van der Waals surface area contributed by atoms with Gasteiger partial charge >= 0.3 is 0 Å². The molecular formula is C16H21N5O. The molecule has 2 saturated heterocycles. The van der Waals surface area contributed by atoms with Crippen LogP contribution >= 0.6 is 0 Å². The second-order valence-electron chi connectivity index (χ2n) is 6.08. The average Bonchev–Trinajstić information content (AvgIpc) is 3.29. The predicted octanol–water partition coefficient (Wildman–Crippen LogP) is 1.87. The lowest BCUT2D eigenvalue weighted by atomic mass is 10.1. The highest BCUT2D eigenvalue weighted by atomic mass is 16.5. The van der Waals surface area contributed by atoms with E-state index in [9.17, 15) is 0 Å². The summed E-state index contributed by atoms with van der Waals surface area (Å²) in [6, 6.07) is 10.7. The van der Waals surface area contributed by atoms with E-state index in [1.165, 1.54) is 24.8 Å². The van der Waals surface area contributed by atoms with Crippen molar-refractivity contribution in [3.8, 4) is 0 Å². The van der Waals surface area contributed by atoms with Crippen molar-refractivity contribution < 1.29 is 4.74 Å². The monoisotopic (exact) mass is 299 g/mol. The van der Waals surface area contributed by atoms with Crippen molar-refractivity contribution in [1.29, 1.82) is 0 Å². The topological polar surface area (TPSA) is 56.1 Å². The van der Waals surface area contributed by atoms with Gasteiger partial charge in [-0.3, -0.25) is 0 Å². The van der Waals surface area contributed by atoms with Crippen LogP contribution in [-0.2, 0) is 11.3 Å². The normalized spacial score (nSPS) is 25.0. The summed E-state index contributed by atoms with van der Waals surface area (Å²) >= 11 is 0. The van der Waals surface area contributed by atoms with Gasteiger partial charge in [-0.2, -0.15) is 0 Å². The minimum absolute atomic E-state index is 0.337. The molecule has 22 heavy (non-hydrogen) atoms. The van der Waals surface area contributed by atoms with E-state index in [1.807, 2.05) is 22.9 Å². The fourth-order valence-corrected chi connectivity index (χ4v) is 3.60. The zero-order chi connectivity index (χ0) is 14.8. The van der Waals surface area contributed by atoms with Gasteiger partial charge in [-0.1, -0.05) is 35.4 Å². The van der Waals surface area contributed by atoms with E-state index in [1.54, 1.807) is 0 Å². The number of tetrazole rings is 1. The number of hydrogen-bond donors (Lipinski definition) is 0. The van der Waals surface area contributed by atoms with Gasteiger partial charge in [0.1, 0.15) is 0 Å². The van der Waals surface area contributed by atoms with Gasteiger partial charge in [-0.25, -0.2) is 4.68 Å². The average molecular weight is 299 g/mol. The Balaban J connectivity index is 1.56. The summed E-state index contributed by atoms with van der Waals surface area (Å²) in [6.07, 6.45) is 5.01. The lowest BCUT2D eigenvalue weighted by Crippen LogP contribution is -2.40. The molecular weight excluding hydrogens is 278 g/mol. The zero-order valence-corrected chi connectivity index (χ0v) is 12.6. The molecule has 0 aliphatic carbocycles. The van der Waals surface area contributed by atoms with E-state index in [-0.39, 0.29) is 0 Å². The molecule has 2 unspecified atom stereocenters. The van der Waals surface area contributed by atoms with Gasteiger partial charge < -0.3 is 9.64 Å². The Morgan fingerprint density at radius 2 is 2.05 bits per heavy atom. The lowest BCUT2D eigenvalue weighted by Gasteiger charge is -2.29. The van der Waals surface area contributed by atoms with Crippen LogP contribution in [0.25, 0.3) is 0 Å². The van der Waals surface area contributed by atoms with Gasteiger partial charge in [0.05, 0.1) is 18.7 Å². The van der Waals surface area contributed by atoms with E-state index in [0.717, 1.165) is 25.5 Å². The Kier molecular flexibility index (Phi) is 3.76. The number of hydrogen-bond acceptors (Lipinski definition) is 5. The maximum atomic E-state index is 5.90. The molecule has 0 amide bonds. The first-order valence-electron chi connectivity index (χ1n) is 8.10. The van der Waals surface area contributed by atoms with Crippen LogP contribution in [0.15, 0.2) is 30.3 Å². The number of benzene rings is 1. The van der Waals surface area contributed by atoms with Crippen molar-refractivity contribution in [2.45, 2.75) is 44.4 Å². The van der Waals surface area contributed by atoms with Crippen molar-refractivity contribution in [2.24, 2.45) is 0 Å². The van der Waals surface area contributed by atoms with Crippen LogP contribution in [0.4, 0.5) is 5.95 Å². The number of nitrogens with zero attached hydrogens (tertiary/aromatic N) is 5. The molecule has 0 saturated carbocycles. The Morgan fingerprint density at radius 1 is 1.14 bits per heavy atom. The van der Waals surface area contributed by atoms with Gasteiger partial charge in [0.25, 0.3) is 0 Å². The summed E-state index contributed by atoms with van der Waals surface area (Å²) in [5.41, 5.74) is 1.21. The zero-order valence-electron chi connectivity index (χ0n) is 12.6. The molecule has 2 fully saturated rings. The molecule has 0 radical (unpaired) electrons. The predicted molar refractivity (Wildman–Crippen MR) is 82.7 cm³/mol. The van der Waals surface area contributed by atoms with Gasteiger partial charge in [-0.15, -0.1) is 0 Å². The Labute approximate surface area is 130 Å². The molecule has 1 aromatic heterocycles. The van der Waals surface area contributed by atoms with E-state index in [4.69, 9.17) is 4.74 Å². The maximum absolute atomic E-state index is 5.90. The van der Waals surface area contributed by atoms with Crippen molar-refractivity contribution in [2.75, 3.05) is 18.1 Å². The fourth-order valence-electron chi connectivity index (χ4n) is 3.60. The first-order chi connectivity index (χ1) is 10.9. The molecule has 2 aliphatic rings. The van der Waals surface area contributed by atoms with Crippen molar-refractivity contribution >= 4 is 5.95 Å². The van der Waals surface area contributed by atoms with Gasteiger partial charge in [0, 0.05) is 13.2 Å². The molecule has 116 valence electrons. The first-order valence-corrected chi connectivity index (χ1v) is 8.10. The molecule has 3 heterocycles. The fraction of sp³-hybridized carbons (Fsp3) is 0.562. The summed E-state index contributed by atoms with van der Waals surface area (Å²) in [4.78, 5) is 2.35. The minimum atomic E-state index is 0.337. The molecule has 2 aromatic rings. The number of ether oxygens (including phenoxy) is 1. The van der Waals surface area contributed by atoms with Crippen LogP contribution in [0.1, 0.15) is 31.2 Å². The van der Waals surface area contributed by atoms with Crippen LogP contribution in [0, 0.1) is 0 Å². The third-order valence-electron chi connectivity index (χ3n) is 4.64. The third kappa shape index (κ3) is 2.59. The van der Waals surface area contributed by atoms with Crippen molar-refractivity contribution in [1.82, 2.24) is 20.2 Å². The minimum Gasteiger partial charge on any atom is -0.376 e. The molecule has 0 spiro atoms. The summed E-state index contributed by atoms with van der Waals surface area (Å²) in [6.45, 7) is 2.61. The number of anilines is 1. The Bertz CT molecular complexity index is 608. The quantitative estimate of drug-likeness (QED) is 0.862. The summed E-state index contributed by atoms with van der Waals surface area (Å²) in [7, 11) is 0. The summed E-state index contributed by atoms with van der Waals surface area (Å²) in [5, 5.41) is 12.4. The SMILES string of the molecule is c1ccc(Cn2nnnc2N2CCCC2C2CCCO2)cc1. The van der Waals surface area contributed by atoms with Gasteiger partial charge in [0.2, 0.25) is 5.95 Å². The van der Waals surface area contributed by atoms with E-state index in [2.05, 4.69) is 32.6 Å². The highest BCUT2D eigenvalue weighted by Gasteiger charge is 2.36. The van der Waals surface area contributed by atoms with Gasteiger partial charge in [-0.05, 0) is 41.7 Å². The van der Waals surface area contributed by atoms with Crippen LogP contribution in [0.3, 0.4) is 0 Å². The third-order valence-corrected chi connectivity index (χ3v) is 4.64. The number of aromatic nitrogens is 4. The largest absolute Gasteiger partial charge is 0.376 e. The van der Waals surface area contributed by atoms with Crippen LogP contribution in [0.5, 0.6) is 0 Å². The van der Waals surface area contributed by atoms with Crippen LogP contribution in [-0.4, -0.2) is 45.5 Å². The van der Waals surface area contributed by atoms with E-state index < -0.39 is 0 Å². The van der Waals surface area contributed by atoms with Crippen molar-refractivity contribution in [3.63, 3.8) is 0 Å². The Morgan fingerprint density at radius 3 is 2.86 bits per heavy atom. The smallest absolute Gasteiger partial charge is 0.246 e.